The average molecular weight is 501 g/mol. The van der Waals surface area contributed by atoms with E-state index in [-0.39, 0.29) is 24.6 Å². The SMILES string of the molecule is [2H]c1nc2c(C#N)ccc(N3CC(C)OC(CN4CCN(c5cc6c(cn5)[C@@H](C)NCC6)CC4)C3)c2nc1[2H]. The molecule has 0 spiro atoms. The van der Waals surface area contributed by atoms with Gasteiger partial charge in [-0.15, -0.1) is 0 Å². The first kappa shape index (κ1) is 21.7. The highest BCUT2D eigenvalue weighted by Gasteiger charge is 2.30. The number of fused-ring (bicyclic) bond motifs is 2. The fraction of sp³-hybridized carbons (Fsp3) is 0.500. The molecule has 3 atom stereocenters. The lowest BCUT2D eigenvalue weighted by Crippen LogP contribution is -2.54. The molecule has 3 aromatic rings. The lowest BCUT2D eigenvalue weighted by molar-refractivity contribution is -0.0327. The third-order valence-corrected chi connectivity index (χ3v) is 7.78. The molecule has 0 bridgehead atoms. The van der Waals surface area contributed by atoms with E-state index in [0.717, 1.165) is 57.2 Å². The summed E-state index contributed by atoms with van der Waals surface area (Å²) in [5.41, 5.74) is 4.80. The van der Waals surface area contributed by atoms with E-state index in [4.69, 9.17) is 12.5 Å². The van der Waals surface area contributed by atoms with Crippen LogP contribution in [0.2, 0.25) is 0 Å². The summed E-state index contributed by atoms with van der Waals surface area (Å²) in [6.07, 6.45) is 2.73. The number of nitriles is 1. The van der Waals surface area contributed by atoms with E-state index >= 15 is 0 Å². The molecule has 3 aliphatic heterocycles. The Labute approximate surface area is 220 Å². The molecular formula is C28H34N8O. The molecule has 9 nitrogen and oxygen atoms in total. The van der Waals surface area contributed by atoms with Crippen molar-refractivity contribution in [2.24, 2.45) is 0 Å². The number of ether oxygens (including phenoxy) is 1. The van der Waals surface area contributed by atoms with Crippen LogP contribution in [0.3, 0.4) is 0 Å². The highest BCUT2D eigenvalue weighted by molar-refractivity contribution is 5.92. The Morgan fingerprint density at radius 1 is 1.08 bits per heavy atom. The fourth-order valence-electron chi connectivity index (χ4n) is 5.90. The minimum Gasteiger partial charge on any atom is -0.370 e. The minimum atomic E-state index is -0.222. The molecule has 2 aromatic heterocycles. The van der Waals surface area contributed by atoms with Gasteiger partial charge in [-0.1, -0.05) is 0 Å². The molecule has 1 aromatic carbocycles. The predicted molar refractivity (Wildman–Crippen MR) is 144 cm³/mol. The van der Waals surface area contributed by atoms with E-state index in [1.165, 1.54) is 11.1 Å². The molecule has 3 aliphatic rings. The van der Waals surface area contributed by atoms with Crippen LogP contribution in [0.1, 0.15) is 39.3 Å². The van der Waals surface area contributed by atoms with Crippen molar-refractivity contribution in [1.29, 1.82) is 5.26 Å². The number of morpholine rings is 1. The van der Waals surface area contributed by atoms with Gasteiger partial charge in [0.1, 0.15) is 22.9 Å². The Bertz CT molecular complexity index is 1420. The van der Waals surface area contributed by atoms with Crippen LogP contribution in [0.4, 0.5) is 11.5 Å². The number of rotatable bonds is 4. The van der Waals surface area contributed by atoms with Gasteiger partial charge < -0.3 is 19.9 Å². The fourth-order valence-corrected chi connectivity index (χ4v) is 5.90. The third kappa shape index (κ3) is 4.85. The summed E-state index contributed by atoms with van der Waals surface area (Å²) in [6, 6.07) is 8.40. The minimum absolute atomic E-state index is 0.0146. The standard InChI is InChI=1S/C28H34N8O/c1-19-16-36(25-4-3-22(14-29)27-28(25)32-8-7-31-27)18-23(37-19)17-34-9-11-35(12-10-34)26-13-21-5-6-30-20(2)24(21)15-33-26/h3-4,7-8,13,15,19-20,23,30H,5-6,9-12,16-18H2,1-2H3/t19?,20-,23?/m1/s1/i7D,8D. The van der Waals surface area contributed by atoms with Crippen molar-refractivity contribution < 1.29 is 7.48 Å². The molecule has 2 saturated heterocycles. The molecule has 5 heterocycles. The van der Waals surface area contributed by atoms with Gasteiger partial charge in [0.25, 0.3) is 0 Å². The zero-order chi connectivity index (χ0) is 27.1. The predicted octanol–water partition coefficient (Wildman–Crippen LogP) is 2.52. The number of anilines is 2. The second-order valence-electron chi connectivity index (χ2n) is 10.3. The molecule has 0 saturated carbocycles. The Kier molecular flexibility index (Phi) is 6.00. The maximum atomic E-state index is 9.54. The van der Waals surface area contributed by atoms with Gasteiger partial charge in [-0.05, 0) is 56.1 Å². The quantitative estimate of drug-likeness (QED) is 0.580. The molecule has 2 unspecified atom stereocenters. The van der Waals surface area contributed by atoms with E-state index in [1.54, 1.807) is 6.07 Å². The summed E-state index contributed by atoms with van der Waals surface area (Å²) >= 11 is 0. The number of hydrogen-bond donors (Lipinski definition) is 1. The lowest BCUT2D eigenvalue weighted by atomic mass is 9.97. The van der Waals surface area contributed by atoms with Gasteiger partial charge >= 0.3 is 0 Å². The molecular weight excluding hydrogens is 464 g/mol. The van der Waals surface area contributed by atoms with Gasteiger partial charge in [-0.25, -0.2) is 4.98 Å². The number of nitrogens with one attached hydrogen (secondary N) is 1. The Hall–Kier alpha value is -3.32. The van der Waals surface area contributed by atoms with Crippen LogP contribution in [0.15, 0.2) is 36.7 Å². The summed E-state index contributed by atoms with van der Waals surface area (Å²) in [5, 5.41) is 13.0. The number of benzene rings is 1. The van der Waals surface area contributed by atoms with E-state index in [0.29, 0.717) is 35.7 Å². The Morgan fingerprint density at radius 2 is 1.89 bits per heavy atom. The van der Waals surface area contributed by atoms with E-state index in [2.05, 4.69) is 56.0 Å². The number of aromatic nitrogens is 3. The highest BCUT2D eigenvalue weighted by atomic mass is 16.5. The molecule has 0 amide bonds. The smallest absolute Gasteiger partial charge is 0.128 e. The van der Waals surface area contributed by atoms with Crippen LogP contribution in [0.25, 0.3) is 11.0 Å². The molecule has 192 valence electrons. The zero-order valence-electron chi connectivity index (χ0n) is 23.4. The summed E-state index contributed by atoms with van der Waals surface area (Å²) in [7, 11) is 0. The van der Waals surface area contributed by atoms with Crippen LogP contribution >= 0.6 is 0 Å². The van der Waals surface area contributed by atoms with Crippen LogP contribution in [0, 0.1) is 11.3 Å². The number of hydrogen-bond acceptors (Lipinski definition) is 9. The largest absolute Gasteiger partial charge is 0.370 e. The summed E-state index contributed by atoms with van der Waals surface area (Å²) in [4.78, 5) is 20.4. The van der Waals surface area contributed by atoms with Gasteiger partial charge in [-0.2, -0.15) is 5.26 Å². The highest BCUT2D eigenvalue weighted by Crippen LogP contribution is 2.29. The van der Waals surface area contributed by atoms with Crippen molar-refractivity contribution in [3.63, 3.8) is 0 Å². The van der Waals surface area contributed by atoms with Crippen LogP contribution in [0.5, 0.6) is 0 Å². The number of pyridine rings is 1. The summed E-state index contributed by atoms with van der Waals surface area (Å²) in [5.74, 6) is 1.08. The van der Waals surface area contributed by atoms with E-state index in [1.807, 2.05) is 12.3 Å². The van der Waals surface area contributed by atoms with E-state index < -0.39 is 0 Å². The molecule has 6 rings (SSSR count). The lowest BCUT2D eigenvalue weighted by Gasteiger charge is -2.42. The first-order chi connectivity index (χ1) is 18.9. The van der Waals surface area contributed by atoms with E-state index in [9.17, 15) is 5.26 Å². The summed E-state index contributed by atoms with van der Waals surface area (Å²) in [6.45, 7) is 11.2. The van der Waals surface area contributed by atoms with Crippen molar-refractivity contribution in [3.8, 4) is 6.07 Å². The van der Waals surface area contributed by atoms with Crippen molar-refractivity contribution >= 4 is 22.5 Å². The molecule has 9 heteroatoms. The van der Waals surface area contributed by atoms with Gasteiger partial charge in [0.15, 0.2) is 0 Å². The van der Waals surface area contributed by atoms with Crippen molar-refractivity contribution in [1.82, 2.24) is 25.2 Å². The van der Waals surface area contributed by atoms with Gasteiger partial charge in [0.05, 0.1) is 26.2 Å². The number of piperazine rings is 1. The Balaban J connectivity index is 1.13. The normalized spacial score (nSPS) is 25.4. The van der Waals surface area contributed by atoms with Crippen molar-refractivity contribution in [2.45, 2.75) is 38.5 Å². The molecule has 2 fully saturated rings. The monoisotopic (exact) mass is 500 g/mol. The maximum Gasteiger partial charge on any atom is 0.128 e. The van der Waals surface area contributed by atoms with Gasteiger partial charge in [-0.3, -0.25) is 14.9 Å². The average Bonchev–Trinajstić information content (AvgIpc) is 2.93. The third-order valence-electron chi connectivity index (χ3n) is 7.78. The molecule has 0 aliphatic carbocycles. The maximum absolute atomic E-state index is 9.54. The van der Waals surface area contributed by atoms with Gasteiger partial charge in [0, 0.05) is 70.4 Å². The molecule has 0 radical (unpaired) electrons. The molecule has 37 heavy (non-hydrogen) atoms. The first-order valence-corrected chi connectivity index (χ1v) is 13.2. The van der Waals surface area contributed by atoms with Crippen LogP contribution in [-0.4, -0.2) is 84.4 Å². The van der Waals surface area contributed by atoms with Crippen molar-refractivity contribution in [3.05, 3.63) is 53.4 Å². The molecule has 1 N–H and O–H groups in total. The first-order valence-electron chi connectivity index (χ1n) is 14.2. The number of nitrogens with zero attached hydrogens (tertiary/aromatic N) is 7. The van der Waals surface area contributed by atoms with Crippen LogP contribution in [-0.2, 0) is 11.2 Å². The Morgan fingerprint density at radius 3 is 2.70 bits per heavy atom. The zero-order valence-corrected chi connectivity index (χ0v) is 21.4. The van der Waals surface area contributed by atoms with Gasteiger partial charge in [0.2, 0.25) is 0 Å². The van der Waals surface area contributed by atoms with Crippen LogP contribution < -0.4 is 15.1 Å². The second-order valence-corrected chi connectivity index (χ2v) is 10.3. The van der Waals surface area contributed by atoms with Crippen molar-refractivity contribution in [2.75, 3.05) is 62.2 Å². The second kappa shape index (κ2) is 10.2. The summed E-state index contributed by atoms with van der Waals surface area (Å²) < 4.78 is 22.3. The topological polar surface area (TPSA) is 93.4 Å².